The highest BCUT2D eigenvalue weighted by Gasteiger charge is 2.26. The number of carbonyl (C=O) groups excluding carboxylic acids is 1. The number of halogens is 2. The average Bonchev–Trinajstić information content (AvgIpc) is 2.85. The number of amides is 1. The van der Waals surface area contributed by atoms with E-state index < -0.39 is 0 Å². The Morgan fingerprint density at radius 2 is 1.68 bits per heavy atom. The van der Waals surface area contributed by atoms with Crippen LogP contribution in [-0.4, -0.2) is 57.6 Å². The molecule has 5 nitrogen and oxygen atoms in total. The zero-order valence-electron chi connectivity index (χ0n) is 19.5. The summed E-state index contributed by atoms with van der Waals surface area (Å²) in [6.45, 7) is 3.83. The molecule has 1 amide bonds. The average molecular weight is 481 g/mol. The zero-order valence-corrected chi connectivity index (χ0v) is 20.3. The van der Waals surface area contributed by atoms with Crippen LogP contribution in [0.3, 0.4) is 0 Å². The first-order valence-corrected chi connectivity index (χ1v) is 11.8. The number of carbonyl (C=O) groups is 1. The highest BCUT2D eigenvalue weighted by atomic mass is 35.5. The molecule has 1 fully saturated rings. The lowest BCUT2D eigenvalue weighted by molar-refractivity contribution is 0.0930. The molecule has 0 aliphatic carbocycles. The van der Waals surface area contributed by atoms with E-state index >= 15 is 0 Å². The number of hydrogen-bond acceptors (Lipinski definition) is 4. The van der Waals surface area contributed by atoms with E-state index in [1.165, 1.54) is 12.1 Å². The molecule has 0 aromatic heterocycles. The van der Waals surface area contributed by atoms with Crippen LogP contribution in [0.25, 0.3) is 0 Å². The molecule has 1 aliphatic heterocycles. The molecule has 1 saturated heterocycles. The topological polar surface area (TPSA) is 38.8 Å². The van der Waals surface area contributed by atoms with Gasteiger partial charge in [-0.25, -0.2) is 4.39 Å². The fourth-order valence-corrected chi connectivity index (χ4v) is 4.51. The van der Waals surface area contributed by atoms with E-state index in [4.69, 9.17) is 11.6 Å². The summed E-state index contributed by atoms with van der Waals surface area (Å²) in [6.07, 6.45) is 0. The van der Waals surface area contributed by atoms with Crippen molar-refractivity contribution in [1.29, 1.82) is 0 Å². The smallest absolute Gasteiger partial charge is 0.251 e. The van der Waals surface area contributed by atoms with Gasteiger partial charge in [0.25, 0.3) is 5.91 Å². The van der Waals surface area contributed by atoms with Crippen molar-refractivity contribution in [3.63, 3.8) is 0 Å². The van der Waals surface area contributed by atoms with Gasteiger partial charge >= 0.3 is 0 Å². The number of benzene rings is 3. The normalized spacial score (nSPS) is 15.1. The molecular weight excluding hydrogens is 451 g/mol. The van der Waals surface area contributed by atoms with Gasteiger partial charge in [-0.3, -0.25) is 9.69 Å². The molecule has 3 aromatic carbocycles. The van der Waals surface area contributed by atoms with Gasteiger partial charge in [-0.15, -0.1) is 0 Å². The molecule has 34 heavy (non-hydrogen) atoms. The van der Waals surface area contributed by atoms with Gasteiger partial charge in [0.1, 0.15) is 5.82 Å². The Labute approximate surface area is 205 Å². The van der Waals surface area contributed by atoms with E-state index in [9.17, 15) is 9.18 Å². The van der Waals surface area contributed by atoms with Gasteiger partial charge in [0.05, 0.1) is 6.04 Å². The van der Waals surface area contributed by atoms with Crippen molar-refractivity contribution in [2.24, 2.45) is 0 Å². The molecule has 4 rings (SSSR count). The molecule has 0 radical (unpaired) electrons. The Morgan fingerprint density at radius 3 is 2.29 bits per heavy atom. The minimum atomic E-state index is -0.223. The first-order valence-electron chi connectivity index (χ1n) is 11.5. The highest BCUT2D eigenvalue weighted by molar-refractivity contribution is 6.30. The van der Waals surface area contributed by atoms with Crippen molar-refractivity contribution in [2.45, 2.75) is 6.04 Å². The van der Waals surface area contributed by atoms with E-state index in [0.717, 1.165) is 43.1 Å². The van der Waals surface area contributed by atoms with Gasteiger partial charge in [0, 0.05) is 68.8 Å². The first kappa shape index (κ1) is 24.0. The van der Waals surface area contributed by atoms with Gasteiger partial charge in [0.15, 0.2) is 0 Å². The van der Waals surface area contributed by atoms with Crippen LogP contribution in [-0.2, 0) is 0 Å². The highest BCUT2D eigenvalue weighted by Crippen LogP contribution is 2.26. The molecule has 1 aliphatic rings. The SMILES string of the molecule is CN(C)c1ccc([C@@H](CNC(=O)c2cccc(Cl)c2)N2CCN(c3ccc(F)cc3)CC2)cc1. The standard InChI is InChI=1S/C27H30ClFN4O/c1-31(2)24-10-6-20(7-11-24)26(19-30-27(34)21-4-3-5-22(28)18-21)33-16-14-32(15-17-33)25-12-8-23(29)9-13-25/h3-13,18,26H,14-17,19H2,1-2H3,(H,30,34)/t26-/m1/s1. The number of hydrogen-bond donors (Lipinski definition) is 1. The second-order valence-electron chi connectivity index (χ2n) is 8.72. The van der Waals surface area contributed by atoms with Crippen LogP contribution >= 0.6 is 11.6 Å². The minimum Gasteiger partial charge on any atom is -0.378 e. The van der Waals surface area contributed by atoms with Crippen LogP contribution in [0.1, 0.15) is 22.0 Å². The summed E-state index contributed by atoms with van der Waals surface area (Å²) in [5.41, 5.74) is 3.87. The van der Waals surface area contributed by atoms with Gasteiger partial charge < -0.3 is 15.1 Å². The largest absolute Gasteiger partial charge is 0.378 e. The Kier molecular flexibility index (Phi) is 7.70. The molecule has 1 heterocycles. The molecule has 0 bridgehead atoms. The van der Waals surface area contributed by atoms with Crippen molar-refractivity contribution >= 4 is 28.9 Å². The van der Waals surface area contributed by atoms with Crippen LogP contribution < -0.4 is 15.1 Å². The van der Waals surface area contributed by atoms with Crippen molar-refractivity contribution in [3.05, 3.63) is 94.8 Å². The molecule has 0 spiro atoms. The maximum atomic E-state index is 13.3. The second kappa shape index (κ2) is 10.9. The van der Waals surface area contributed by atoms with Gasteiger partial charge in [-0.1, -0.05) is 29.8 Å². The van der Waals surface area contributed by atoms with Crippen LogP contribution in [0.4, 0.5) is 15.8 Å². The van der Waals surface area contributed by atoms with E-state index in [-0.39, 0.29) is 17.8 Å². The lowest BCUT2D eigenvalue weighted by Gasteiger charge is -2.40. The van der Waals surface area contributed by atoms with E-state index in [0.29, 0.717) is 17.1 Å². The maximum absolute atomic E-state index is 13.3. The summed E-state index contributed by atoms with van der Waals surface area (Å²) in [6, 6.07) is 22.2. The molecule has 7 heteroatoms. The summed E-state index contributed by atoms with van der Waals surface area (Å²) in [7, 11) is 4.04. The Morgan fingerprint density at radius 1 is 1.00 bits per heavy atom. The van der Waals surface area contributed by atoms with E-state index in [1.54, 1.807) is 24.3 Å². The second-order valence-corrected chi connectivity index (χ2v) is 9.16. The van der Waals surface area contributed by atoms with Crippen molar-refractivity contribution < 1.29 is 9.18 Å². The molecule has 0 unspecified atom stereocenters. The van der Waals surface area contributed by atoms with Crippen molar-refractivity contribution in [1.82, 2.24) is 10.2 Å². The molecule has 178 valence electrons. The van der Waals surface area contributed by atoms with Gasteiger partial charge in [-0.2, -0.15) is 0 Å². The van der Waals surface area contributed by atoms with Crippen LogP contribution in [0, 0.1) is 5.82 Å². The maximum Gasteiger partial charge on any atom is 0.251 e. The molecule has 0 saturated carbocycles. The summed E-state index contributed by atoms with van der Waals surface area (Å²) < 4.78 is 13.3. The van der Waals surface area contributed by atoms with Crippen LogP contribution in [0.2, 0.25) is 5.02 Å². The first-order chi connectivity index (χ1) is 16.4. The quantitative estimate of drug-likeness (QED) is 0.525. The minimum absolute atomic E-state index is 0.0368. The molecule has 3 aromatic rings. The van der Waals surface area contributed by atoms with E-state index in [2.05, 4.69) is 44.3 Å². The fraction of sp³-hybridized carbons (Fsp3) is 0.296. The number of nitrogens with zero attached hydrogens (tertiary/aromatic N) is 3. The predicted octanol–water partition coefficient (Wildman–Crippen LogP) is 4.84. The van der Waals surface area contributed by atoms with E-state index in [1.807, 2.05) is 26.2 Å². The van der Waals surface area contributed by atoms with Crippen molar-refractivity contribution in [3.8, 4) is 0 Å². The third kappa shape index (κ3) is 5.88. The third-order valence-corrected chi connectivity index (χ3v) is 6.52. The van der Waals surface area contributed by atoms with Crippen LogP contribution in [0.5, 0.6) is 0 Å². The predicted molar refractivity (Wildman–Crippen MR) is 137 cm³/mol. The Hall–Kier alpha value is -3.09. The summed E-state index contributed by atoms with van der Waals surface area (Å²) in [5.74, 6) is -0.360. The number of piperazine rings is 1. The zero-order chi connectivity index (χ0) is 24.1. The monoisotopic (exact) mass is 480 g/mol. The van der Waals surface area contributed by atoms with Crippen LogP contribution in [0.15, 0.2) is 72.8 Å². The fourth-order valence-electron chi connectivity index (χ4n) is 4.32. The van der Waals surface area contributed by atoms with Gasteiger partial charge in [0.2, 0.25) is 0 Å². The summed E-state index contributed by atoms with van der Waals surface area (Å²) >= 11 is 6.06. The van der Waals surface area contributed by atoms with Crippen molar-refractivity contribution in [2.75, 3.05) is 56.6 Å². The number of rotatable bonds is 7. The van der Waals surface area contributed by atoms with Gasteiger partial charge in [-0.05, 0) is 60.2 Å². The molecule has 1 N–H and O–H groups in total. The summed E-state index contributed by atoms with van der Waals surface area (Å²) in [4.78, 5) is 19.5. The molecule has 1 atom stereocenters. The molecular formula is C27H30ClFN4O. The Bertz CT molecular complexity index is 1100. The lowest BCUT2D eigenvalue weighted by Crippen LogP contribution is -2.50. The third-order valence-electron chi connectivity index (χ3n) is 6.28. The number of anilines is 2. The lowest BCUT2D eigenvalue weighted by atomic mass is 10.0. The number of nitrogens with one attached hydrogen (secondary N) is 1. The summed E-state index contributed by atoms with van der Waals surface area (Å²) in [5, 5.41) is 3.65. The Balaban J connectivity index is 1.48.